The van der Waals surface area contributed by atoms with Gasteiger partial charge in [0.05, 0.1) is 0 Å². The zero-order valence-electron chi connectivity index (χ0n) is 14.0. The number of nitrogens with zero attached hydrogens (tertiary/aromatic N) is 2. The third kappa shape index (κ3) is 4.45. The second-order valence-corrected chi connectivity index (χ2v) is 7.58. The Labute approximate surface area is 145 Å². The summed E-state index contributed by atoms with van der Waals surface area (Å²) in [6, 6.07) is 5.82. The molecule has 0 fully saturated rings. The highest BCUT2D eigenvalue weighted by atomic mass is 32.2. The van der Waals surface area contributed by atoms with Crippen molar-refractivity contribution in [2.75, 3.05) is 30.5 Å². The lowest BCUT2D eigenvalue weighted by Crippen LogP contribution is -2.34. The molecule has 0 atom stereocenters. The van der Waals surface area contributed by atoms with Crippen LogP contribution in [0.1, 0.15) is 29.5 Å². The molecule has 0 unspecified atom stereocenters. The van der Waals surface area contributed by atoms with Gasteiger partial charge in [-0.3, -0.25) is 4.21 Å². The van der Waals surface area contributed by atoms with Crippen molar-refractivity contribution in [3.05, 3.63) is 34.4 Å². The minimum absolute atomic E-state index is 0.208. The number of carboxylic acids is 1. The second kappa shape index (κ2) is 8.11. The lowest BCUT2D eigenvalue weighted by atomic mass is 9.90. The summed E-state index contributed by atoms with van der Waals surface area (Å²) in [6.45, 7) is 2.24. The number of anilines is 1. The van der Waals surface area contributed by atoms with Gasteiger partial charge in [-0.05, 0) is 60.6 Å². The van der Waals surface area contributed by atoms with Gasteiger partial charge < -0.3 is 10.0 Å². The summed E-state index contributed by atoms with van der Waals surface area (Å²) in [4.78, 5) is 13.4. The average molecular weight is 346 g/mol. The van der Waals surface area contributed by atoms with Crippen molar-refractivity contribution in [1.29, 1.82) is 5.26 Å². The summed E-state index contributed by atoms with van der Waals surface area (Å²) in [5.74, 6) is -1.17. The summed E-state index contributed by atoms with van der Waals surface area (Å²) >= 11 is 0. The molecule has 24 heavy (non-hydrogen) atoms. The second-order valence-electron chi connectivity index (χ2n) is 6.10. The van der Waals surface area contributed by atoms with E-state index in [1.807, 2.05) is 12.1 Å². The van der Waals surface area contributed by atoms with E-state index in [0.717, 1.165) is 44.3 Å². The van der Waals surface area contributed by atoms with Crippen molar-refractivity contribution in [2.24, 2.45) is 0 Å². The standard InChI is InChI=1S/C16H16N2O2.C2H6OS/c17-10-14(16(19)20)9-11-7-12-3-1-5-18-6-2-4-13(8-11)15(12)18;1-4(2)3/h7-9H,1-6H2,(H,19,20);1-2H3/b14-9+;. The molecule has 0 radical (unpaired) electrons. The molecule has 2 aliphatic rings. The number of nitriles is 1. The van der Waals surface area contributed by atoms with Gasteiger partial charge in [-0.2, -0.15) is 5.26 Å². The molecule has 1 aromatic carbocycles. The topological polar surface area (TPSA) is 81.4 Å². The molecule has 128 valence electrons. The highest BCUT2D eigenvalue weighted by Gasteiger charge is 2.24. The Bertz CT molecular complexity index is 699. The van der Waals surface area contributed by atoms with Crippen molar-refractivity contribution in [3.63, 3.8) is 0 Å². The van der Waals surface area contributed by atoms with Crippen molar-refractivity contribution >= 4 is 28.5 Å². The SMILES string of the molecule is CS(C)=O.N#C/C(=C\c1cc2c3c(c1)CCCN3CCC2)C(=O)O. The van der Waals surface area contributed by atoms with Crippen molar-refractivity contribution in [1.82, 2.24) is 0 Å². The van der Waals surface area contributed by atoms with Crippen LogP contribution in [0.15, 0.2) is 17.7 Å². The van der Waals surface area contributed by atoms with Crippen LogP contribution in [-0.4, -0.2) is 40.9 Å². The van der Waals surface area contributed by atoms with E-state index in [-0.39, 0.29) is 5.57 Å². The third-order valence-electron chi connectivity index (χ3n) is 4.02. The summed E-state index contributed by atoms with van der Waals surface area (Å²) in [5.41, 5.74) is 4.57. The number of carboxylic acid groups (broad SMARTS) is 1. The molecule has 0 saturated carbocycles. The summed E-state index contributed by atoms with van der Waals surface area (Å²) in [7, 11) is -0.611. The van der Waals surface area contributed by atoms with Crippen LogP contribution in [-0.2, 0) is 28.4 Å². The van der Waals surface area contributed by atoms with Gasteiger partial charge >= 0.3 is 5.97 Å². The van der Waals surface area contributed by atoms with Crippen LogP contribution < -0.4 is 4.90 Å². The fourth-order valence-electron chi connectivity index (χ4n) is 3.22. The van der Waals surface area contributed by atoms with Gasteiger partial charge in [-0.15, -0.1) is 0 Å². The highest BCUT2D eigenvalue weighted by Crippen LogP contribution is 2.36. The van der Waals surface area contributed by atoms with Crippen LogP contribution in [0.5, 0.6) is 0 Å². The Morgan fingerprint density at radius 2 is 1.75 bits per heavy atom. The Morgan fingerprint density at radius 3 is 2.17 bits per heavy atom. The van der Waals surface area contributed by atoms with Crippen LogP contribution in [0, 0.1) is 11.3 Å². The van der Waals surface area contributed by atoms with Crippen molar-refractivity contribution in [2.45, 2.75) is 25.7 Å². The van der Waals surface area contributed by atoms with Gasteiger partial charge in [0.1, 0.15) is 11.6 Å². The maximum atomic E-state index is 10.9. The first-order chi connectivity index (χ1) is 11.4. The number of aliphatic carboxylic acids is 1. The Morgan fingerprint density at radius 1 is 1.25 bits per heavy atom. The van der Waals surface area contributed by atoms with E-state index in [1.54, 1.807) is 18.6 Å². The Balaban J connectivity index is 0.000000471. The first-order valence-corrected chi connectivity index (χ1v) is 9.90. The normalized spacial score (nSPS) is 15.9. The lowest BCUT2D eigenvalue weighted by molar-refractivity contribution is -0.132. The minimum Gasteiger partial charge on any atom is -0.477 e. The molecule has 1 N–H and O–H groups in total. The van der Waals surface area contributed by atoms with Gasteiger partial charge in [0, 0.05) is 42.1 Å². The number of aryl methyl sites for hydroxylation is 2. The predicted molar refractivity (Wildman–Crippen MR) is 96.5 cm³/mol. The molecule has 2 aliphatic heterocycles. The van der Waals surface area contributed by atoms with Gasteiger partial charge in [-0.1, -0.05) is 0 Å². The number of carbonyl (C=O) groups is 1. The first-order valence-electron chi connectivity index (χ1n) is 7.93. The smallest absolute Gasteiger partial charge is 0.346 e. The van der Waals surface area contributed by atoms with Crippen LogP contribution >= 0.6 is 0 Å². The van der Waals surface area contributed by atoms with Crippen molar-refractivity contribution < 1.29 is 14.1 Å². The zero-order valence-corrected chi connectivity index (χ0v) is 14.9. The molecular formula is C18H22N2O3S. The first kappa shape index (κ1) is 18.2. The van der Waals surface area contributed by atoms with E-state index in [0.29, 0.717) is 0 Å². The fourth-order valence-corrected chi connectivity index (χ4v) is 3.22. The molecule has 6 heteroatoms. The Hall–Kier alpha value is -2.13. The quantitative estimate of drug-likeness (QED) is 0.657. The molecule has 0 spiro atoms. The van der Waals surface area contributed by atoms with Gasteiger partial charge in [0.2, 0.25) is 0 Å². The van der Waals surface area contributed by atoms with E-state index < -0.39 is 16.8 Å². The summed E-state index contributed by atoms with van der Waals surface area (Å²) in [5, 5.41) is 17.8. The molecule has 0 aromatic heterocycles. The summed E-state index contributed by atoms with van der Waals surface area (Å²) in [6.07, 6.45) is 9.12. The lowest BCUT2D eigenvalue weighted by Gasteiger charge is -2.37. The summed E-state index contributed by atoms with van der Waals surface area (Å²) < 4.78 is 9.56. The number of rotatable bonds is 2. The van der Waals surface area contributed by atoms with Crippen LogP contribution in [0.4, 0.5) is 5.69 Å². The van der Waals surface area contributed by atoms with Gasteiger partial charge in [0.15, 0.2) is 0 Å². The molecular weight excluding hydrogens is 324 g/mol. The Kier molecular flexibility index (Phi) is 6.16. The van der Waals surface area contributed by atoms with E-state index in [9.17, 15) is 9.00 Å². The highest BCUT2D eigenvalue weighted by molar-refractivity contribution is 7.83. The van der Waals surface area contributed by atoms with E-state index in [1.165, 1.54) is 22.9 Å². The molecule has 0 saturated heterocycles. The van der Waals surface area contributed by atoms with Crippen molar-refractivity contribution in [3.8, 4) is 6.07 Å². The molecule has 5 nitrogen and oxygen atoms in total. The number of hydrogen-bond donors (Lipinski definition) is 1. The monoisotopic (exact) mass is 346 g/mol. The molecule has 3 rings (SSSR count). The van der Waals surface area contributed by atoms with Gasteiger partial charge in [-0.25, -0.2) is 4.79 Å². The number of hydrogen-bond acceptors (Lipinski definition) is 4. The molecule has 1 aromatic rings. The van der Waals surface area contributed by atoms with E-state index >= 15 is 0 Å². The maximum Gasteiger partial charge on any atom is 0.346 e. The van der Waals surface area contributed by atoms with Crippen LogP contribution in [0.3, 0.4) is 0 Å². The van der Waals surface area contributed by atoms with Gasteiger partial charge in [0.25, 0.3) is 0 Å². The zero-order chi connectivity index (χ0) is 17.7. The van der Waals surface area contributed by atoms with Crippen LogP contribution in [0.25, 0.3) is 6.08 Å². The molecule has 2 heterocycles. The predicted octanol–water partition coefficient (Wildman–Crippen LogP) is 2.37. The van der Waals surface area contributed by atoms with E-state index in [2.05, 4.69) is 4.90 Å². The maximum absolute atomic E-state index is 10.9. The number of benzene rings is 1. The van der Waals surface area contributed by atoms with E-state index in [4.69, 9.17) is 10.4 Å². The average Bonchev–Trinajstić information content (AvgIpc) is 2.52. The molecule has 0 aliphatic carbocycles. The largest absolute Gasteiger partial charge is 0.477 e. The molecule has 0 bridgehead atoms. The fraction of sp³-hybridized carbons (Fsp3) is 0.444. The van der Waals surface area contributed by atoms with Crippen LogP contribution in [0.2, 0.25) is 0 Å². The minimum atomic E-state index is -1.17. The third-order valence-corrected chi connectivity index (χ3v) is 4.02. The molecule has 0 amide bonds.